The highest BCUT2D eigenvalue weighted by molar-refractivity contribution is 8.15. The fourth-order valence-corrected chi connectivity index (χ4v) is 7.95. The van der Waals surface area contributed by atoms with Gasteiger partial charge in [0.25, 0.3) is 20.0 Å². The Labute approximate surface area is 225 Å². The molecule has 0 fully saturated rings. The molecule has 1 heterocycles. The average Bonchev–Trinajstić information content (AvgIpc) is 3.21. The molecule has 0 aromatic heterocycles. The van der Waals surface area contributed by atoms with E-state index in [9.17, 15) is 31.2 Å². The van der Waals surface area contributed by atoms with Crippen LogP contribution in [0.2, 0.25) is 0 Å². The van der Waals surface area contributed by atoms with Crippen molar-refractivity contribution in [3.05, 3.63) is 89.5 Å². The van der Waals surface area contributed by atoms with Crippen LogP contribution in [0.25, 0.3) is 10.8 Å². The molecule has 0 saturated carbocycles. The first-order chi connectivity index (χ1) is 18.4. The Morgan fingerprint density at radius 3 is 1.67 bits per heavy atom. The fourth-order valence-electron chi connectivity index (χ4n) is 4.01. The molecule has 14 heteroatoms. The van der Waals surface area contributed by atoms with Crippen LogP contribution in [0.4, 0.5) is 11.4 Å². The zero-order valence-corrected chi connectivity index (χ0v) is 21.9. The van der Waals surface area contributed by atoms with Gasteiger partial charge in [0.1, 0.15) is 4.90 Å². The Bertz CT molecular complexity index is 1920. The van der Waals surface area contributed by atoms with Gasteiger partial charge in [-0.05, 0) is 72.4 Å². The fraction of sp³-hybridized carbons (Fsp3) is 0. The molecule has 0 aliphatic carbocycles. The van der Waals surface area contributed by atoms with Crippen molar-refractivity contribution in [2.24, 2.45) is 0 Å². The second kappa shape index (κ2) is 9.41. The molecular formula is C25H16N2O9S3. The molecule has 4 N–H and O–H groups in total. The van der Waals surface area contributed by atoms with Crippen molar-refractivity contribution in [2.45, 2.75) is 14.7 Å². The van der Waals surface area contributed by atoms with Crippen molar-refractivity contribution in [3.63, 3.8) is 0 Å². The zero-order valence-electron chi connectivity index (χ0n) is 19.4. The number of carboxylic acid groups (broad SMARTS) is 2. The summed E-state index contributed by atoms with van der Waals surface area (Å²) >= 11 is 0.661. The summed E-state index contributed by atoms with van der Waals surface area (Å²) in [6, 6.07) is 15.2. The van der Waals surface area contributed by atoms with Crippen LogP contribution in [0, 0.1) is 0 Å². The molecule has 4 aromatic rings. The van der Waals surface area contributed by atoms with E-state index < -0.39 is 46.9 Å². The quantitative estimate of drug-likeness (QED) is 0.235. The first-order valence-electron chi connectivity index (χ1n) is 10.9. The summed E-state index contributed by atoms with van der Waals surface area (Å²) in [4.78, 5) is 34.1. The highest BCUT2D eigenvalue weighted by Gasteiger charge is 2.34. The van der Waals surface area contributed by atoms with E-state index in [4.69, 9.17) is 10.2 Å². The Morgan fingerprint density at radius 2 is 1.18 bits per heavy atom. The van der Waals surface area contributed by atoms with Gasteiger partial charge in [0, 0.05) is 32.6 Å². The van der Waals surface area contributed by atoms with Gasteiger partial charge in [0.15, 0.2) is 0 Å². The standard InChI is InChI=1S/C25H16N2O9S3/c28-23(29)13-4-8-15(9-5-13)26-38(33,34)19-12-20(22-21-17(19)2-1-3-18(21)25(32)37-22)39(35,36)27-16-10-6-14(7-11-16)24(30)31/h1-12,26-27H,(H,28,29)(H,30,31). The maximum atomic E-state index is 13.5. The molecule has 0 spiro atoms. The van der Waals surface area contributed by atoms with E-state index in [0.717, 1.165) is 6.07 Å². The number of thioether (sulfide) groups is 1. The summed E-state index contributed by atoms with van der Waals surface area (Å²) in [5.41, 5.74) is 0.0851. The maximum absolute atomic E-state index is 13.5. The topological polar surface area (TPSA) is 184 Å². The van der Waals surface area contributed by atoms with E-state index in [2.05, 4.69) is 9.44 Å². The van der Waals surface area contributed by atoms with Crippen LogP contribution >= 0.6 is 11.8 Å². The van der Waals surface area contributed by atoms with Crippen LogP contribution in [0.3, 0.4) is 0 Å². The summed E-state index contributed by atoms with van der Waals surface area (Å²) in [5.74, 6) is -2.39. The third kappa shape index (κ3) is 4.80. The van der Waals surface area contributed by atoms with E-state index in [1.807, 2.05) is 0 Å². The molecule has 1 aliphatic rings. The molecule has 0 saturated heterocycles. The second-order valence-electron chi connectivity index (χ2n) is 8.30. The molecule has 0 bridgehead atoms. The average molecular weight is 585 g/mol. The van der Waals surface area contributed by atoms with Crippen molar-refractivity contribution < 1.29 is 41.4 Å². The lowest BCUT2D eigenvalue weighted by molar-refractivity contribution is 0.0686. The van der Waals surface area contributed by atoms with Crippen molar-refractivity contribution in [1.82, 2.24) is 0 Å². The first kappa shape index (κ1) is 26.2. The van der Waals surface area contributed by atoms with E-state index in [-0.39, 0.29) is 43.7 Å². The van der Waals surface area contributed by atoms with Gasteiger partial charge in [-0.1, -0.05) is 12.1 Å². The first-order valence-corrected chi connectivity index (χ1v) is 14.7. The highest BCUT2D eigenvalue weighted by atomic mass is 32.2. The van der Waals surface area contributed by atoms with Crippen molar-refractivity contribution in [1.29, 1.82) is 0 Å². The number of hydrogen-bond donors (Lipinski definition) is 4. The predicted molar refractivity (Wildman–Crippen MR) is 143 cm³/mol. The number of rotatable bonds is 8. The Hall–Kier alpha value is -4.40. The van der Waals surface area contributed by atoms with Crippen LogP contribution in [0.1, 0.15) is 31.1 Å². The molecule has 0 amide bonds. The van der Waals surface area contributed by atoms with Crippen LogP contribution in [0.5, 0.6) is 0 Å². The van der Waals surface area contributed by atoms with Gasteiger partial charge in [-0.15, -0.1) is 0 Å². The molecule has 0 atom stereocenters. The minimum absolute atomic E-state index is 0.0240. The van der Waals surface area contributed by atoms with Crippen molar-refractivity contribution in [2.75, 3.05) is 9.44 Å². The Balaban J connectivity index is 1.64. The normalized spacial score (nSPS) is 12.9. The molecular weight excluding hydrogens is 568 g/mol. The van der Waals surface area contributed by atoms with Gasteiger partial charge in [-0.3, -0.25) is 14.2 Å². The SMILES string of the molecule is O=C(O)c1ccc(NS(=O)(=O)c2cc(S(=O)(=O)Nc3ccc(C(=O)O)cc3)c3cccc4c3c2SC4=O)cc1. The van der Waals surface area contributed by atoms with Crippen LogP contribution in [0.15, 0.2) is 87.5 Å². The number of carbonyl (C=O) groups is 3. The van der Waals surface area contributed by atoms with Crippen LogP contribution < -0.4 is 9.44 Å². The number of anilines is 2. The molecule has 11 nitrogen and oxygen atoms in total. The number of carboxylic acids is 2. The second-order valence-corrected chi connectivity index (χ2v) is 12.6. The molecule has 4 aromatic carbocycles. The maximum Gasteiger partial charge on any atom is 0.335 e. The van der Waals surface area contributed by atoms with Gasteiger partial charge >= 0.3 is 11.9 Å². The molecule has 198 valence electrons. The summed E-state index contributed by atoms with van der Waals surface area (Å²) in [7, 11) is -8.91. The van der Waals surface area contributed by atoms with Crippen LogP contribution in [-0.2, 0) is 20.0 Å². The van der Waals surface area contributed by atoms with Gasteiger partial charge in [-0.25, -0.2) is 26.4 Å². The minimum atomic E-state index is -4.47. The molecule has 1 aliphatic heterocycles. The number of sulfonamides is 2. The molecule has 0 radical (unpaired) electrons. The Kier molecular flexibility index (Phi) is 6.33. The smallest absolute Gasteiger partial charge is 0.335 e. The summed E-state index contributed by atoms with van der Waals surface area (Å²) < 4.78 is 58.6. The number of hydrogen-bond acceptors (Lipinski definition) is 8. The van der Waals surface area contributed by atoms with Gasteiger partial charge < -0.3 is 10.2 Å². The third-order valence-electron chi connectivity index (χ3n) is 5.80. The van der Waals surface area contributed by atoms with E-state index in [1.54, 1.807) is 0 Å². The van der Waals surface area contributed by atoms with Gasteiger partial charge in [0.05, 0.1) is 16.0 Å². The van der Waals surface area contributed by atoms with E-state index in [0.29, 0.717) is 11.8 Å². The largest absolute Gasteiger partial charge is 0.478 e. The zero-order chi connectivity index (χ0) is 28.1. The number of aromatic carboxylic acids is 2. The highest BCUT2D eigenvalue weighted by Crippen LogP contribution is 2.46. The van der Waals surface area contributed by atoms with Crippen molar-refractivity contribution >= 4 is 71.0 Å². The summed E-state index contributed by atoms with van der Waals surface area (Å²) in [6.45, 7) is 0. The lowest BCUT2D eigenvalue weighted by atomic mass is 10.1. The molecule has 0 unspecified atom stereocenters. The number of carbonyl (C=O) groups excluding carboxylic acids is 1. The molecule has 5 rings (SSSR count). The molecule has 39 heavy (non-hydrogen) atoms. The Morgan fingerprint density at radius 1 is 0.692 bits per heavy atom. The monoisotopic (exact) mass is 584 g/mol. The van der Waals surface area contributed by atoms with Crippen LogP contribution in [-0.4, -0.2) is 44.1 Å². The number of nitrogens with one attached hydrogen (secondary N) is 2. The predicted octanol–water partition coefficient (Wildman–Crippen LogP) is 4.08. The van der Waals surface area contributed by atoms with Crippen molar-refractivity contribution in [3.8, 4) is 0 Å². The lowest BCUT2D eigenvalue weighted by Gasteiger charge is -2.16. The lowest BCUT2D eigenvalue weighted by Crippen LogP contribution is -2.17. The summed E-state index contributed by atoms with van der Waals surface area (Å²) in [6.07, 6.45) is 0. The third-order valence-corrected chi connectivity index (χ3v) is 9.79. The minimum Gasteiger partial charge on any atom is -0.478 e. The van der Waals surface area contributed by atoms with E-state index in [1.165, 1.54) is 66.7 Å². The van der Waals surface area contributed by atoms with E-state index >= 15 is 0 Å². The summed E-state index contributed by atoms with van der Waals surface area (Å²) in [5, 5.41) is 18.0. The van der Waals surface area contributed by atoms with Gasteiger partial charge in [-0.2, -0.15) is 0 Å². The van der Waals surface area contributed by atoms with Gasteiger partial charge in [0.2, 0.25) is 5.12 Å². The number of benzene rings is 4.